The molecule has 0 aliphatic heterocycles. The van der Waals surface area contributed by atoms with Crippen molar-refractivity contribution in [2.24, 2.45) is 0 Å². The van der Waals surface area contributed by atoms with E-state index in [4.69, 9.17) is 0 Å². The second kappa shape index (κ2) is 3.44. The summed E-state index contributed by atoms with van der Waals surface area (Å²) in [7, 11) is 0. The van der Waals surface area contributed by atoms with Gasteiger partial charge in [0.1, 0.15) is 0 Å². The third-order valence-electron chi connectivity index (χ3n) is 1.93. The highest BCUT2D eigenvalue weighted by Gasteiger charge is 2.14. The quantitative estimate of drug-likeness (QED) is 0.592. The molecule has 1 saturated carbocycles. The summed E-state index contributed by atoms with van der Waals surface area (Å²) in [4.78, 5) is 10.0. The van der Waals surface area contributed by atoms with Crippen molar-refractivity contribution < 1.29 is 9.90 Å². The van der Waals surface area contributed by atoms with Crippen LogP contribution in [0, 0.1) is 0 Å². The van der Waals surface area contributed by atoms with Gasteiger partial charge in [0.05, 0.1) is 0 Å². The molecule has 57 valence electrons. The molecule has 0 aromatic heterocycles. The molecule has 1 radical (unpaired) electrons. The standard InChI is InChI=1S/C7H12NO2/c9-7(10)8-6-4-2-1-3-5-6/h6,8H,1-5H2. The first-order valence-electron chi connectivity index (χ1n) is 3.76. The van der Waals surface area contributed by atoms with Gasteiger partial charge in [-0.2, -0.15) is 0 Å². The topological polar surface area (TPSA) is 49.0 Å². The molecule has 3 nitrogen and oxygen atoms in total. The van der Waals surface area contributed by atoms with E-state index in [9.17, 15) is 9.90 Å². The second-order valence-electron chi connectivity index (χ2n) is 2.77. The average Bonchev–Trinajstić information content (AvgIpc) is 1.88. The van der Waals surface area contributed by atoms with Crippen LogP contribution in [0.3, 0.4) is 0 Å². The monoisotopic (exact) mass is 142 g/mol. The van der Waals surface area contributed by atoms with Gasteiger partial charge in [-0.25, -0.2) is 9.90 Å². The Morgan fingerprint density at radius 2 is 1.80 bits per heavy atom. The summed E-state index contributed by atoms with van der Waals surface area (Å²) in [5.74, 6) is 0. The fraction of sp³-hybridized carbons (Fsp3) is 0.857. The normalized spacial score (nSPS) is 20.4. The molecule has 0 atom stereocenters. The molecular weight excluding hydrogens is 130 g/mol. The highest BCUT2D eigenvalue weighted by Crippen LogP contribution is 2.16. The Balaban J connectivity index is 2.19. The lowest BCUT2D eigenvalue weighted by Gasteiger charge is -2.20. The van der Waals surface area contributed by atoms with E-state index in [1.165, 1.54) is 6.42 Å². The molecule has 1 aliphatic rings. The molecule has 0 aromatic rings. The first-order valence-corrected chi connectivity index (χ1v) is 3.76. The lowest BCUT2D eigenvalue weighted by atomic mass is 9.96. The maximum atomic E-state index is 10.0. The molecule has 10 heavy (non-hydrogen) atoms. The van der Waals surface area contributed by atoms with Gasteiger partial charge in [-0.3, -0.25) is 0 Å². The number of amides is 1. The molecule has 1 aliphatic carbocycles. The van der Waals surface area contributed by atoms with Crippen LogP contribution in [0.1, 0.15) is 32.1 Å². The number of hydrogen-bond acceptors (Lipinski definition) is 1. The highest BCUT2D eigenvalue weighted by atomic mass is 16.4. The van der Waals surface area contributed by atoms with Crippen molar-refractivity contribution in [2.45, 2.75) is 38.1 Å². The first-order chi connectivity index (χ1) is 4.79. The average molecular weight is 142 g/mol. The number of carbonyl (C=O) groups is 1. The fourth-order valence-electron chi connectivity index (χ4n) is 1.41. The summed E-state index contributed by atoms with van der Waals surface area (Å²) in [6.45, 7) is 0. The summed E-state index contributed by atoms with van der Waals surface area (Å²) in [6.07, 6.45) is 4.36. The predicted molar refractivity (Wildman–Crippen MR) is 36.1 cm³/mol. The Hall–Kier alpha value is -0.730. The van der Waals surface area contributed by atoms with Crippen LogP contribution in [0.5, 0.6) is 0 Å². The number of rotatable bonds is 1. The molecular formula is C7H12NO2. The van der Waals surface area contributed by atoms with Gasteiger partial charge in [0.25, 0.3) is 0 Å². The Labute approximate surface area is 60.4 Å². The lowest BCUT2D eigenvalue weighted by molar-refractivity contribution is 0.160. The van der Waals surface area contributed by atoms with E-state index in [1.54, 1.807) is 0 Å². The predicted octanol–water partition coefficient (Wildman–Crippen LogP) is 1.46. The van der Waals surface area contributed by atoms with E-state index in [1.807, 2.05) is 0 Å². The molecule has 0 aromatic carbocycles. The van der Waals surface area contributed by atoms with E-state index in [2.05, 4.69) is 5.32 Å². The van der Waals surface area contributed by atoms with Crippen molar-refractivity contribution in [2.75, 3.05) is 0 Å². The molecule has 0 bridgehead atoms. The molecule has 0 unspecified atom stereocenters. The molecule has 1 amide bonds. The van der Waals surface area contributed by atoms with Gasteiger partial charge in [0.2, 0.25) is 0 Å². The maximum absolute atomic E-state index is 10.0. The van der Waals surface area contributed by atoms with Gasteiger partial charge in [-0.1, -0.05) is 19.3 Å². The van der Waals surface area contributed by atoms with Crippen molar-refractivity contribution in [3.05, 3.63) is 0 Å². The van der Waals surface area contributed by atoms with E-state index < -0.39 is 6.09 Å². The van der Waals surface area contributed by atoms with Gasteiger partial charge in [-0.05, 0) is 12.8 Å². The fourth-order valence-corrected chi connectivity index (χ4v) is 1.41. The molecule has 3 heteroatoms. The van der Waals surface area contributed by atoms with Gasteiger partial charge >= 0.3 is 6.09 Å². The van der Waals surface area contributed by atoms with Crippen LogP contribution in [-0.2, 0) is 5.11 Å². The van der Waals surface area contributed by atoms with Crippen LogP contribution in [0.2, 0.25) is 0 Å². The molecule has 0 heterocycles. The summed E-state index contributed by atoms with van der Waals surface area (Å²) < 4.78 is 0. The smallest absolute Gasteiger partial charge is 0.316 e. The Morgan fingerprint density at radius 3 is 2.30 bits per heavy atom. The van der Waals surface area contributed by atoms with E-state index in [-0.39, 0.29) is 6.04 Å². The summed E-state index contributed by atoms with van der Waals surface area (Å²) >= 11 is 0. The first kappa shape index (κ1) is 7.38. The third-order valence-corrected chi connectivity index (χ3v) is 1.93. The van der Waals surface area contributed by atoms with Crippen LogP contribution >= 0.6 is 0 Å². The lowest BCUT2D eigenvalue weighted by Crippen LogP contribution is -2.34. The molecule has 1 fully saturated rings. The zero-order valence-electron chi connectivity index (χ0n) is 5.93. The Bertz CT molecular complexity index is 119. The van der Waals surface area contributed by atoms with E-state index in [0.29, 0.717) is 0 Å². The van der Waals surface area contributed by atoms with Crippen LogP contribution in [0.4, 0.5) is 4.79 Å². The van der Waals surface area contributed by atoms with Gasteiger partial charge in [0.15, 0.2) is 0 Å². The summed E-state index contributed by atoms with van der Waals surface area (Å²) in [5, 5.41) is 12.4. The largest absolute Gasteiger partial charge is 0.450 e. The van der Waals surface area contributed by atoms with E-state index >= 15 is 0 Å². The zero-order valence-corrected chi connectivity index (χ0v) is 5.93. The van der Waals surface area contributed by atoms with Crippen molar-refractivity contribution in [1.82, 2.24) is 5.32 Å². The minimum atomic E-state index is -1.13. The maximum Gasteiger partial charge on any atom is 0.450 e. The van der Waals surface area contributed by atoms with Crippen LogP contribution in [0.15, 0.2) is 0 Å². The summed E-state index contributed by atoms with van der Waals surface area (Å²) in [6, 6.07) is 0.166. The zero-order chi connectivity index (χ0) is 7.40. The molecule has 1 N–H and O–H groups in total. The van der Waals surface area contributed by atoms with E-state index in [0.717, 1.165) is 25.7 Å². The minimum Gasteiger partial charge on any atom is -0.316 e. The minimum absolute atomic E-state index is 0.166. The summed E-state index contributed by atoms with van der Waals surface area (Å²) in [5.41, 5.74) is 0. The van der Waals surface area contributed by atoms with Crippen molar-refractivity contribution >= 4 is 6.09 Å². The van der Waals surface area contributed by atoms with Crippen LogP contribution in [0.25, 0.3) is 0 Å². The van der Waals surface area contributed by atoms with Crippen molar-refractivity contribution in [3.63, 3.8) is 0 Å². The van der Waals surface area contributed by atoms with Gasteiger partial charge in [0, 0.05) is 6.04 Å². The van der Waals surface area contributed by atoms with Crippen molar-refractivity contribution in [3.8, 4) is 0 Å². The SMILES string of the molecule is [O]C(=O)NC1CCCCC1. The second-order valence-corrected chi connectivity index (χ2v) is 2.77. The number of nitrogens with one attached hydrogen (secondary N) is 1. The highest BCUT2D eigenvalue weighted by molar-refractivity contribution is 5.64. The van der Waals surface area contributed by atoms with Crippen LogP contribution in [-0.4, -0.2) is 12.1 Å². The molecule has 0 saturated heterocycles. The Morgan fingerprint density at radius 1 is 1.20 bits per heavy atom. The van der Waals surface area contributed by atoms with Crippen molar-refractivity contribution in [1.29, 1.82) is 0 Å². The third kappa shape index (κ3) is 2.25. The van der Waals surface area contributed by atoms with Gasteiger partial charge < -0.3 is 5.32 Å². The number of carbonyl (C=O) groups excluding carboxylic acids is 1. The number of hydrogen-bond donors (Lipinski definition) is 1. The molecule has 0 spiro atoms. The molecule has 1 rings (SSSR count). The Kier molecular flexibility index (Phi) is 2.54. The van der Waals surface area contributed by atoms with Gasteiger partial charge in [-0.15, -0.1) is 0 Å². The van der Waals surface area contributed by atoms with Crippen LogP contribution < -0.4 is 5.32 Å².